The van der Waals surface area contributed by atoms with Crippen LogP contribution in [0.4, 0.5) is 4.39 Å². The molecule has 0 unspecified atom stereocenters. The van der Waals surface area contributed by atoms with E-state index in [4.69, 9.17) is 26.2 Å². The van der Waals surface area contributed by atoms with E-state index in [0.717, 1.165) is 62.7 Å². The number of rotatable bonds is 12. The Kier molecular flexibility index (Phi) is 9.14. The molecule has 220 valence electrons. The number of fused-ring (bicyclic) bond motifs is 2. The number of carbonyl (C=O) groups is 1. The molecule has 9 heteroatoms. The number of benzene rings is 3. The molecule has 42 heavy (non-hydrogen) atoms. The van der Waals surface area contributed by atoms with Crippen molar-refractivity contribution in [2.24, 2.45) is 7.05 Å². The molecule has 2 heterocycles. The van der Waals surface area contributed by atoms with Crippen LogP contribution in [0, 0.1) is 5.82 Å². The summed E-state index contributed by atoms with van der Waals surface area (Å²) in [6.45, 7) is 8.05. The van der Waals surface area contributed by atoms with E-state index in [0.29, 0.717) is 42.5 Å². The number of H-pyrrole nitrogens is 1. The van der Waals surface area contributed by atoms with E-state index in [1.54, 1.807) is 13.0 Å². The maximum atomic E-state index is 13.7. The minimum Gasteiger partial charge on any atom is -0.493 e. The Morgan fingerprint density at radius 2 is 1.90 bits per heavy atom. The Hall–Kier alpha value is -3.88. The van der Waals surface area contributed by atoms with Crippen molar-refractivity contribution >= 4 is 39.2 Å². The highest BCUT2D eigenvalue weighted by Crippen LogP contribution is 2.41. The molecule has 0 aliphatic rings. The number of ether oxygens (including phenoxy) is 2. The van der Waals surface area contributed by atoms with Crippen LogP contribution in [0.1, 0.15) is 54.6 Å². The van der Waals surface area contributed by atoms with Crippen LogP contribution in [0.2, 0.25) is 5.02 Å². The average molecular weight is 591 g/mol. The molecule has 0 bridgehead atoms. The van der Waals surface area contributed by atoms with Gasteiger partial charge in [-0.15, -0.1) is 0 Å². The van der Waals surface area contributed by atoms with Crippen LogP contribution in [0.5, 0.6) is 5.75 Å². The molecule has 0 saturated carbocycles. The summed E-state index contributed by atoms with van der Waals surface area (Å²) in [5.41, 5.74) is 5.86. The quantitative estimate of drug-likeness (QED) is 0.117. The normalized spacial score (nSPS) is 11.5. The number of aromatic nitrogens is 3. The molecule has 0 spiro atoms. The molecule has 5 aromatic rings. The van der Waals surface area contributed by atoms with Crippen LogP contribution in [0.3, 0.4) is 0 Å². The Balaban J connectivity index is 1.51. The van der Waals surface area contributed by atoms with Crippen molar-refractivity contribution in [2.45, 2.75) is 46.6 Å². The van der Waals surface area contributed by atoms with E-state index in [-0.39, 0.29) is 12.4 Å². The number of aromatic amines is 1. The second kappa shape index (κ2) is 13.0. The predicted molar refractivity (Wildman–Crippen MR) is 166 cm³/mol. The molecule has 0 aliphatic heterocycles. The second-order valence-corrected chi connectivity index (χ2v) is 10.6. The van der Waals surface area contributed by atoms with Crippen molar-refractivity contribution in [2.75, 3.05) is 19.8 Å². The third-order valence-electron chi connectivity index (χ3n) is 7.51. The third-order valence-corrected chi connectivity index (χ3v) is 7.82. The summed E-state index contributed by atoms with van der Waals surface area (Å²) >= 11 is 6.90. The number of carbonyl (C=O) groups excluding carboxylic acids is 1. The smallest absolute Gasteiger partial charge is 0.355 e. The summed E-state index contributed by atoms with van der Waals surface area (Å²) in [5, 5.41) is 11.3. The van der Waals surface area contributed by atoms with Gasteiger partial charge in [0.1, 0.15) is 17.3 Å². The fourth-order valence-electron chi connectivity index (χ4n) is 5.64. The monoisotopic (exact) mass is 590 g/mol. The molecule has 2 aromatic heterocycles. The van der Waals surface area contributed by atoms with Gasteiger partial charge in [0.25, 0.3) is 0 Å². The highest BCUT2D eigenvalue weighted by molar-refractivity contribution is 6.35. The van der Waals surface area contributed by atoms with Gasteiger partial charge in [0.15, 0.2) is 0 Å². The first-order valence-electron chi connectivity index (χ1n) is 14.4. The van der Waals surface area contributed by atoms with Crippen molar-refractivity contribution in [1.29, 1.82) is 0 Å². The lowest BCUT2D eigenvalue weighted by atomic mass is 9.97. The number of aryl methyl sites for hydroxylation is 2. The molecular weight excluding hydrogens is 555 g/mol. The Bertz CT molecular complexity index is 1740. The summed E-state index contributed by atoms with van der Waals surface area (Å²) in [6.07, 6.45) is 1.99. The highest BCUT2D eigenvalue weighted by atomic mass is 35.5. The van der Waals surface area contributed by atoms with Gasteiger partial charge in [0, 0.05) is 41.2 Å². The summed E-state index contributed by atoms with van der Waals surface area (Å²) in [6, 6.07) is 14.1. The van der Waals surface area contributed by atoms with Crippen LogP contribution in [-0.2, 0) is 31.2 Å². The van der Waals surface area contributed by atoms with Gasteiger partial charge in [0.2, 0.25) is 0 Å². The van der Waals surface area contributed by atoms with Crippen LogP contribution in [0.15, 0.2) is 48.5 Å². The van der Waals surface area contributed by atoms with E-state index in [1.807, 2.05) is 42.1 Å². The molecule has 3 aromatic carbocycles. The Morgan fingerprint density at radius 3 is 2.67 bits per heavy atom. The van der Waals surface area contributed by atoms with Gasteiger partial charge in [-0.1, -0.05) is 43.6 Å². The molecule has 0 aliphatic carbocycles. The number of halogens is 2. The Morgan fingerprint density at radius 1 is 1.10 bits per heavy atom. The lowest BCUT2D eigenvalue weighted by Crippen LogP contribution is -2.13. The van der Waals surface area contributed by atoms with Gasteiger partial charge >= 0.3 is 5.97 Å². The van der Waals surface area contributed by atoms with E-state index >= 15 is 0 Å². The van der Waals surface area contributed by atoms with Gasteiger partial charge in [-0.3, -0.25) is 4.68 Å². The van der Waals surface area contributed by atoms with Crippen molar-refractivity contribution in [3.8, 4) is 16.9 Å². The number of hydrogen-bond donors (Lipinski definition) is 2. The summed E-state index contributed by atoms with van der Waals surface area (Å²) in [4.78, 5) is 16.6. The molecule has 2 N–H and O–H groups in total. The molecule has 0 saturated heterocycles. The van der Waals surface area contributed by atoms with E-state index in [9.17, 15) is 9.18 Å². The number of nitrogens with zero attached hydrogens (tertiary/aromatic N) is 2. The van der Waals surface area contributed by atoms with E-state index in [2.05, 4.69) is 24.1 Å². The van der Waals surface area contributed by atoms with Gasteiger partial charge in [-0.05, 0) is 74.0 Å². The zero-order chi connectivity index (χ0) is 29.8. The van der Waals surface area contributed by atoms with Gasteiger partial charge in [-0.25, -0.2) is 9.18 Å². The Labute approximate surface area is 250 Å². The minimum atomic E-state index is -0.405. The maximum absolute atomic E-state index is 13.7. The van der Waals surface area contributed by atoms with Crippen LogP contribution < -0.4 is 10.1 Å². The van der Waals surface area contributed by atoms with E-state index < -0.39 is 5.97 Å². The van der Waals surface area contributed by atoms with E-state index in [1.165, 1.54) is 12.1 Å². The van der Waals surface area contributed by atoms with Gasteiger partial charge < -0.3 is 19.8 Å². The zero-order valence-electron chi connectivity index (χ0n) is 24.4. The maximum Gasteiger partial charge on any atom is 0.355 e. The summed E-state index contributed by atoms with van der Waals surface area (Å²) < 4.78 is 27.2. The zero-order valence-corrected chi connectivity index (χ0v) is 25.2. The van der Waals surface area contributed by atoms with Crippen molar-refractivity contribution < 1.29 is 18.7 Å². The largest absolute Gasteiger partial charge is 0.493 e. The van der Waals surface area contributed by atoms with Crippen LogP contribution in [0.25, 0.3) is 32.8 Å². The fourth-order valence-corrected chi connectivity index (χ4v) is 5.89. The first-order valence-corrected chi connectivity index (χ1v) is 14.8. The van der Waals surface area contributed by atoms with Crippen LogP contribution in [-0.4, -0.2) is 40.5 Å². The summed E-state index contributed by atoms with van der Waals surface area (Å²) in [7, 11) is 1.95. The van der Waals surface area contributed by atoms with Crippen LogP contribution >= 0.6 is 11.6 Å². The molecule has 0 atom stereocenters. The SMILES string of the molecule is CCNCc1nn(C)c(CC)c1-c1c(Cl)ccc2c(CCCOc3cccc4cc(F)ccc34)c(C(=O)OCC)[nH]c12. The van der Waals surface area contributed by atoms with Gasteiger partial charge in [0.05, 0.1) is 29.4 Å². The standard InChI is InChI=1S/C33H36ClFN4O3/c1-5-27-30(26(19-36-6-2)38-39(27)4)29-25(34)16-15-24-23(32(37-31(24)29)33(40)41-7-3)11-9-17-42-28-12-8-10-20-18-21(35)13-14-22(20)28/h8,10,12-16,18,36-37H,5-7,9,11,17,19H2,1-4H3. The first-order chi connectivity index (χ1) is 20.4. The average Bonchev–Trinajstić information content (AvgIpc) is 3.50. The number of esters is 1. The van der Waals surface area contributed by atoms with Gasteiger partial charge in [-0.2, -0.15) is 5.10 Å². The second-order valence-electron chi connectivity index (χ2n) is 10.1. The topological polar surface area (TPSA) is 81.2 Å². The third kappa shape index (κ3) is 5.74. The number of nitrogens with one attached hydrogen (secondary N) is 2. The van der Waals surface area contributed by atoms with Crippen molar-refractivity contribution in [3.63, 3.8) is 0 Å². The molecule has 0 amide bonds. The molecular formula is C33H36ClFN4O3. The summed E-state index contributed by atoms with van der Waals surface area (Å²) in [5.74, 6) is 0.0107. The number of hydrogen-bond acceptors (Lipinski definition) is 5. The molecule has 5 rings (SSSR count). The molecule has 0 radical (unpaired) electrons. The highest BCUT2D eigenvalue weighted by Gasteiger charge is 2.26. The predicted octanol–water partition coefficient (Wildman–Crippen LogP) is 7.37. The van der Waals surface area contributed by atoms with Crippen molar-refractivity contribution in [3.05, 3.63) is 82.0 Å². The first kappa shape index (κ1) is 29.6. The molecule has 7 nitrogen and oxygen atoms in total. The lowest BCUT2D eigenvalue weighted by Gasteiger charge is -2.11. The fraction of sp³-hybridized carbons (Fsp3) is 0.333. The molecule has 0 fully saturated rings. The van der Waals surface area contributed by atoms with Crippen molar-refractivity contribution in [1.82, 2.24) is 20.1 Å². The lowest BCUT2D eigenvalue weighted by molar-refractivity contribution is 0.0519. The minimum absolute atomic E-state index is 0.265.